The lowest BCUT2D eigenvalue weighted by molar-refractivity contribution is -0.117. The molecule has 0 fully saturated rings. The molecular weight excluding hydrogens is 278 g/mol. The Morgan fingerprint density at radius 1 is 1.05 bits per heavy atom. The zero-order chi connectivity index (χ0) is 15.2. The van der Waals surface area contributed by atoms with Crippen molar-refractivity contribution in [3.05, 3.63) is 60.2 Å². The van der Waals surface area contributed by atoms with Crippen molar-refractivity contribution < 1.29 is 4.79 Å². The molecule has 0 N–H and O–H groups in total. The molecule has 0 saturated heterocycles. The van der Waals surface area contributed by atoms with Crippen LogP contribution in [-0.2, 0) is 4.79 Å². The van der Waals surface area contributed by atoms with E-state index in [-0.39, 0.29) is 11.0 Å². The third kappa shape index (κ3) is 4.64. The van der Waals surface area contributed by atoms with Gasteiger partial charge < -0.3 is 4.90 Å². The molecule has 0 amide bonds. The zero-order valence-electron chi connectivity index (χ0n) is 12.7. The summed E-state index contributed by atoms with van der Waals surface area (Å²) in [6.07, 6.45) is 0.556. The van der Waals surface area contributed by atoms with E-state index in [9.17, 15) is 4.79 Å². The number of hydrogen-bond donors (Lipinski definition) is 0. The summed E-state index contributed by atoms with van der Waals surface area (Å²) in [7, 11) is 4.06. The van der Waals surface area contributed by atoms with Crippen LogP contribution >= 0.6 is 11.8 Å². The number of carbonyl (C=O) groups excluding carboxylic acids is 1. The molecule has 0 bridgehead atoms. The summed E-state index contributed by atoms with van der Waals surface area (Å²) >= 11 is 1.75. The van der Waals surface area contributed by atoms with Gasteiger partial charge in [0.1, 0.15) is 5.78 Å². The Hall–Kier alpha value is -1.74. The minimum atomic E-state index is 0.168. The van der Waals surface area contributed by atoms with Gasteiger partial charge in [-0.05, 0) is 36.8 Å². The molecule has 0 aliphatic rings. The van der Waals surface area contributed by atoms with Gasteiger partial charge in [0.2, 0.25) is 0 Å². The van der Waals surface area contributed by atoms with Gasteiger partial charge in [-0.3, -0.25) is 4.79 Å². The monoisotopic (exact) mass is 299 g/mol. The van der Waals surface area contributed by atoms with E-state index in [1.807, 2.05) is 32.3 Å². The molecule has 0 aromatic heterocycles. The van der Waals surface area contributed by atoms with Crippen molar-refractivity contribution in [2.24, 2.45) is 0 Å². The quantitative estimate of drug-likeness (QED) is 0.729. The number of anilines is 1. The summed E-state index contributed by atoms with van der Waals surface area (Å²) in [6.45, 7) is 1.66. The van der Waals surface area contributed by atoms with E-state index in [2.05, 4.69) is 41.3 Å². The van der Waals surface area contributed by atoms with Gasteiger partial charge in [-0.15, -0.1) is 11.8 Å². The fourth-order valence-electron chi connectivity index (χ4n) is 2.14. The molecule has 3 heteroatoms. The summed E-state index contributed by atoms with van der Waals surface area (Å²) < 4.78 is 0. The summed E-state index contributed by atoms with van der Waals surface area (Å²) in [4.78, 5) is 14.8. The summed E-state index contributed by atoms with van der Waals surface area (Å²) in [5, 5.41) is 0.168. The van der Waals surface area contributed by atoms with Crippen LogP contribution in [0.3, 0.4) is 0 Å². The number of benzene rings is 2. The molecule has 0 spiro atoms. The smallest absolute Gasteiger partial charge is 0.131 e. The first kappa shape index (κ1) is 15.6. The van der Waals surface area contributed by atoms with Crippen LogP contribution in [0.4, 0.5) is 5.69 Å². The molecule has 2 nitrogen and oxygen atoms in total. The summed E-state index contributed by atoms with van der Waals surface area (Å²) in [6, 6.07) is 18.7. The van der Waals surface area contributed by atoms with Crippen molar-refractivity contribution in [3.8, 4) is 0 Å². The van der Waals surface area contributed by atoms with Gasteiger partial charge in [0.05, 0.1) is 0 Å². The molecule has 0 aliphatic heterocycles. The van der Waals surface area contributed by atoms with Crippen LogP contribution in [-0.4, -0.2) is 19.9 Å². The predicted molar refractivity (Wildman–Crippen MR) is 91.1 cm³/mol. The molecular formula is C18H21NOS. The number of hydrogen-bond acceptors (Lipinski definition) is 3. The predicted octanol–water partition coefficient (Wildman–Crippen LogP) is 4.57. The van der Waals surface area contributed by atoms with Crippen molar-refractivity contribution in [3.63, 3.8) is 0 Å². The van der Waals surface area contributed by atoms with E-state index in [4.69, 9.17) is 0 Å². The van der Waals surface area contributed by atoms with Crippen molar-refractivity contribution in [1.29, 1.82) is 0 Å². The van der Waals surface area contributed by atoms with Crippen molar-refractivity contribution in [1.82, 2.24) is 0 Å². The molecule has 1 unspecified atom stereocenters. The van der Waals surface area contributed by atoms with E-state index in [0.717, 1.165) is 0 Å². The molecule has 0 radical (unpaired) electrons. The molecule has 21 heavy (non-hydrogen) atoms. The maximum atomic E-state index is 11.6. The van der Waals surface area contributed by atoms with Crippen LogP contribution in [0.5, 0.6) is 0 Å². The standard InChI is InChI=1S/C18H21NOS/c1-14(20)13-18(21-17-7-5-4-6-8-17)15-9-11-16(12-10-15)19(2)3/h4-12,18H,13H2,1-3H3. The highest BCUT2D eigenvalue weighted by Crippen LogP contribution is 2.38. The summed E-state index contributed by atoms with van der Waals surface area (Å²) in [5.74, 6) is 0.222. The number of thioether (sulfide) groups is 1. The molecule has 0 aliphatic carbocycles. The van der Waals surface area contributed by atoms with E-state index in [0.29, 0.717) is 6.42 Å². The molecule has 2 rings (SSSR count). The molecule has 1 atom stereocenters. The Kier molecular flexibility index (Phi) is 5.45. The van der Waals surface area contributed by atoms with Crippen LogP contribution < -0.4 is 4.90 Å². The van der Waals surface area contributed by atoms with Crippen LogP contribution in [0.1, 0.15) is 24.2 Å². The lowest BCUT2D eigenvalue weighted by Gasteiger charge is -2.18. The van der Waals surface area contributed by atoms with E-state index in [1.165, 1.54) is 16.1 Å². The van der Waals surface area contributed by atoms with Gasteiger partial charge >= 0.3 is 0 Å². The number of Topliss-reactive ketones (excluding diaryl/α,β-unsaturated/α-hetero) is 1. The first-order valence-corrected chi connectivity index (χ1v) is 7.92. The normalized spacial score (nSPS) is 12.0. The topological polar surface area (TPSA) is 20.3 Å². The van der Waals surface area contributed by atoms with Gasteiger partial charge in [-0.25, -0.2) is 0 Å². The van der Waals surface area contributed by atoms with Gasteiger partial charge in [0.25, 0.3) is 0 Å². The number of ketones is 1. The first-order chi connectivity index (χ1) is 10.1. The average Bonchev–Trinajstić information content (AvgIpc) is 2.47. The molecule has 2 aromatic carbocycles. The van der Waals surface area contributed by atoms with E-state index >= 15 is 0 Å². The van der Waals surface area contributed by atoms with Crippen molar-refractivity contribution in [2.75, 3.05) is 19.0 Å². The van der Waals surface area contributed by atoms with Gasteiger partial charge in [0, 0.05) is 36.3 Å². The Balaban J connectivity index is 2.21. The summed E-state index contributed by atoms with van der Waals surface area (Å²) in [5.41, 5.74) is 2.37. The zero-order valence-corrected chi connectivity index (χ0v) is 13.6. The van der Waals surface area contributed by atoms with Crippen LogP contribution in [0.2, 0.25) is 0 Å². The fourth-order valence-corrected chi connectivity index (χ4v) is 3.39. The largest absolute Gasteiger partial charge is 0.378 e. The molecule has 110 valence electrons. The maximum Gasteiger partial charge on any atom is 0.131 e. The Morgan fingerprint density at radius 2 is 1.67 bits per heavy atom. The van der Waals surface area contributed by atoms with Crippen molar-refractivity contribution >= 4 is 23.2 Å². The van der Waals surface area contributed by atoms with Crippen LogP contribution in [0.25, 0.3) is 0 Å². The second-order valence-electron chi connectivity index (χ2n) is 5.31. The average molecular weight is 299 g/mol. The fraction of sp³-hybridized carbons (Fsp3) is 0.278. The molecule has 0 saturated carbocycles. The van der Waals surface area contributed by atoms with Gasteiger partial charge in [-0.2, -0.15) is 0 Å². The second-order valence-corrected chi connectivity index (χ2v) is 6.59. The Bertz CT molecular complexity index is 578. The third-order valence-electron chi connectivity index (χ3n) is 3.28. The molecule has 2 aromatic rings. The van der Waals surface area contributed by atoms with E-state index < -0.39 is 0 Å². The number of nitrogens with zero attached hydrogens (tertiary/aromatic N) is 1. The van der Waals surface area contributed by atoms with Crippen molar-refractivity contribution in [2.45, 2.75) is 23.5 Å². The van der Waals surface area contributed by atoms with Gasteiger partial charge in [-0.1, -0.05) is 30.3 Å². The minimum Gasteiger partial charge on any atom is -0.378 e. The maximum absolute atomic E-state index is 11.6. The first-order valence-electron chi connectivity index (χ1n) is 7.04. The SMILES string of the molecule is CC(=O)CC(Sc1ccccc1)c1ccc(N(C)C)cc1. The Labute approximate surface area is 131 Å². The highest BCUT2D eigenvalue weighted by Gasteiger charge is 2.15. The molecule has 0 heterocycles. The lowest BCUT2D eigenvalue weighted by atomic mass is 10.1. The second kappa shape index (κ2) is 7.32. The van der Waals surface area contributed by atoms with Gasteiger partial charge in [0.15, 0.2) is 0 Å². The van der Waals surface area contributed by atoms with E-state index in [1.54, 1.807) is 18.7 Å². The highest BCUT2D eigenvalue weighted by molar-refractivity contribution is 7.99. The minimum absolute atomic E-state index is 0.168. The van der Waals surface area contributed by atoms with Crippen LogP contribution in [0, 0.1) is 0 Å². The Morgan fingerprint density at radius 3 is 2.19 bits per heavy atom. The third-order valence-corrected chi connectivity index (χ3v) is 4.54. The lowest BCUT2D eigenvalue weighted by Crippen LogP contribution is -2.08. The number of rotatable bonds is 6. The van der Waals surface area contributed by atoms with Crippen LogP contribution in [0.15, 0.2) is 59.5 Å². The number of carbonyl (C=O) groups is 1. The highest BCUT2D eigenvalue weighted by atomic mass is 32.2.